The highest BCUT2D eigenvalue weighted by Gasteiger charge is 2.30. The minimum absolute atomic E-state index is 0.0101. The molecule has 1 aromatic heterocycles. The SMILES string of the molecule is O=C(CCc1ncc(-c2ccccc2)o1)N1CCN(S(=O)(=O)c2ccc3c(c2)CCC3)CC1. The zero-order chi connectivity index (χ0) is 22.8. The number of nitrogens with zero attached hydrogens (tertiary/aromatic N) is 3. The normalized spacial score (nSPS) is 16.7. The van der Waals surface area contributed by atoms with Crippen LogP contribution in [0.15, 0.2) is 64.0 Å². The number of oxazole rings is 1. The van der Waals surface area contributed by atoms with Gasteiger partial charge in [0.2, 0.25) is 15.9 Å². The van der Waals surface area contributed by atoms with E-state index in [0.29, 0.717) is 49.1 Å². The van der Waals surface area contributed by atoms with Crippen molar-refractivity contribution in [1.82, 2.24) is 14.2 Å². The molecule has 2 aromatic carbocycles. The minimum atomic E-state index is -3.54. The Bertz CT molecular complexity index is 1250. The molecule has 0 N–H and O–H groups in total. The molecule has 1 fully saturated rings. The summed E-state index contributed by atoms with van der Waals surface area (Å²) in [6.07, 6.45) is 5.43. The summed E-state index contributed by atoms with van der Waals surface area (Å²) in [6.45, 7) is 1.40. The van der Waals surface area contributed by atoms with Gasteiger partial charge < -0.3 is 9.32 Å². The van der Waals surface area contributed by atoms with E-state index in [1.807, 2.05) is 42.5 Å². The number of carbonyl (C=O) groups is 1. The maximum Gasteiger partial charge on any atom is 0.243 e. The second-order valence-corrected chi connectivity index (χ2v) is 10.5. The van der Waals surface area contributed by atoms with E-state index in [1.54, 1.807) is 17.2 Å². The van der Waals surface area contributed by atoms with Crippen molar-refractivity contribution in [3.05, 3.63) is 71.7 Å². The van der Waals surface area contributed by atoms with Crippen molar-refractivity contribution in [3.63, 3.8) is 0 Å². The van der Waals surface area contributed by atoms with Gasteiger partial charge in [-0.1, -0.05) is 36.4 Å². The monoisotopic (exact) mass is 465 g/mol. The topological polar surface area (TPSA) is 83.7 Å². The van der Waals surface area contributed by atoms with E-state index in [1.165, 1.54) is 9.87 Å². The summed E-state index contributed by atoms with van der Waals surface area (Å²) in [4.78, 5) is 19.1. The molecule has 5 rings (SSSR count). The summed E-state index contributed by atoms with van der Waals surface area (Å²) in [5.74, 6) is 1.20. The second kappa shape index (κ2) is 9.11. The molecule has 7 nitrogen and oxygen atoms in total. The fourth-order valence-electron chi connectivity index (χ4n) is 4.57. The largest absolute Gasteiger partial charge is 0.441 e. The predicted molar refractivity (Wildman–Crippen MR) is 124 cm³/mol. The van der Waals surface area contributed by atoms with Gasteiger partial charge in [-0.05, 0) is 42.5 Å². The van der Waals surface area contributed by atoms with Crippen molar-refractivity contribution in [2.24, 2.45) is 0 Å². The van der Waals surface area contributed by atoms with Crippen molar-refractivity contribution in [2.75, 3.05) is 26.2 Å². The maximum atomic E-state index is 13.1. The predicted octanol–water partition coefficient (Wildman–Crippen LogP) is 3.30. The Morgan fingerprint density at radius 2 is 1.73 bits per heavy atom. The number of hydrogen-bond donors (Lipinski definition) is 0. The number of fused-ring (bicyclic) bond motifs is 1. The summed E-state index contributed by atoms with van der Waals surface area (Å²) in [5.41, 5.74) is 3.35. The van der Waals surface area contributed by atoms with Crippen molar-refractivity contribution < 1.29 is 17.6 Å². The van der Waals surface area contributed by atoms with Crippen LogP contribution in [0, 0.1) is 0 Å². The average Bonchev–Trinajstić information content (AvgIpc) is 3.52. The van der Waals surface area contributed by atoms with Gasteiger partial charge in [0.15, 0.2) is 11.7 Å². The summed E-state index contributed by atoms with van der Waals surface area (Å²) < 4.78 is 33.5. The highest BCUT2D eigenvalue weighted by atomic mass is 32.2. The Hall–Kier alpha value is -2.97. The number of amides is 1. The van der Waals surface area contributed by atoms with E-state index in [4.69, 9.17) is 4.42 Å². The van der Waals surface area contributed by atoms with Crippen LogP contribution in [-0.2, 0) is 34.1 Å². The van der Waals surface area contributed by atoms with Gasteiger partial charge in [-0.25, -0.2) is 13.4 Å². The summed E-state index contributed by atoms with van der Waals surface area (Å²) >= 11 is 0. The fourth-order valence-corrected chi connectivity index (χ4v) is 6.04. The van der Waals surface area contributed by atoms with Gasteiger partial charge in [0.1, 0.15) is 0 Å². The third-order valence-corrected chi connectivity index (χ3v) is 8.36. The van der Waals surface area contributed by atoms with E-state index in [-0.39, 0.29) is 12.3 Å². The highest BCUT2D eigenvalue weighted by Crippen LogP contribution is 2.27. The highest BCUT2D eigenvalue weighted by molar-refractivity contribution is 7.89. The number of benzene rings is 2. The van der Waals surface area contributed by atoms with Crippen LogP contribution in [0.4, 0.5) is 0 Å². The van der Waals surface area contributed by atoms with Crippen LogP contribution in [-0.4, -0.2) is 54.7 Å². The molecule has 33 heavy (non-hydrogen) atoms. The van der Waals surface area contributed by atoms with Crippen LogP contribution in [0.5, 0.6) is 0 Å². The van der Waals surface area contributed by atoms with E-state index >= 15 is 0 Å². The molecule has 0 atom stereocenters. The van der Waals surface area contributed by atoms with Crippen LogP contribution < -0.4 is 0 Å². The van der Waals surface area contributed by atoms with Gasteiger partial charge in [0.05, 0.1) is 11.1 Å². The van der Waals surface area contributed by atoms with Gasteiger partial charge in [0, 0.05) is 44.6 Å². The molecule has 0 spiro atoms. The molecule has 0 unspecified atom stereocenters. The Balaban J connectivity index is 1.15. The molecular weight excluding hydrogens is 438 g/mol. The van der Waals surface area contributed by atoms with Crippen molar-refractivity contribution in [2.45, 2.75) is 37.0 Å². The van der Waals surface area contributed by atoms with E-state index in [9.17, 15) is 13.2 Å². The summed E-state index contributed by atoms with van der Waals surface area (Å²) in [7, 11) is -3.54. The van der Waals surface area contributed by atoms with Crippen LogP contribution >= 0.6 is 0 Å². The molecule has 1 aliphatic heterocycles. The van der Waals surface area contributed by atoms with Gasteiger partial charge in [0.25, 0.3) is 0 Å². The van der Waals surface area contributed by atoms with Crippen LogP contribution in [0.1, 0.15) is 29.9 Å². The molecule has 0 bridgehead atoms. The smallest absolute Gasteiger partial charge is 0.243 e. The first-order chi connectivity index (χ1) is 16.0. The lowest BCUT2D eigenvalue weighted by Gasteiger charge is -2.34. The molecule has 0 radical (unpaired) electrons. The Morgan fingerprint density at radius 3 is 2.52 bits per heavy atom. The second-order valence-electron chi connectivity index (χ2n) is 8.55. The lowest BCUT2D eigenvalue weighted by Crippen LogP contribution is -2.50. The van der Waals surface area contributed by atoms with E-state index in [2.05, 4.69) is 4.98 Å². The van der Waals surface area contributed by atoms with Gasteiger partial charge in [-0.3, -0.25) is 4.79 Å². The first kappa shape index (κ1) is 21.9. The Morgan fingerprint density at radius 1 is 0.970 bits per heavy atom. The number of aromatic nitrogens is 1. The standard InChI is InChI=1S/C25H27N3O4S/c29-25(12-11-24-26-18-23(32-24)20-5-2-1-3-6-20)27-13-15-28(16-14-27)33(30,31)22-10-9-19-7-4-8-21(19)17-22/h1-3,5-6,9-10,17-18H,4,7-8,11-16H2. The molecule has 2 heterocycles. The minimum Gasteiger partial charge on any atom is -0.441 e. The number of rotatable bonds is 6. The third kappa shape index (κ3) is 4.58. The quantitative estimate of drug-likeness (QED) is 0.558. The Kier molecular flexibility index (Phi) is 6.03. The van der Waals surface area contributed by atoms with Crippen molar-refractivity contribution in [1.29, 1.82) is 0 Å². The fraction of sp³-hybridized carbons (Fsp3) is 0.360. The first-order valence-corrected chi connectivity index (χ1v) is 12.8. The molecule has 172 valence electrons. The van der Waals surface area contributed by atoms with Crippen molar-refractivity contribution in [3.8, 4) is 11.3 Å². The number of piperazine rings is 1. The molecule has 1 amide bonds. The molecule has 1 saturated heterocycles. The molecule has 0 saturated carbocycles. The van der Waals surface area contributed by atoms with Crippen molar-refractivity contribution >= 4 is 15.9 Å². The van der Waals surface area contributed by atoms with Gasteiger partial charge in [-0.2, -0.15) is 4.31 Å². The summed E-state index contributed by atoms with van der Waals surface area (Å²) in [5, 5.41) is 0. The lowest BCUT2D eigenvalue weighted by molar-refractivity contribution is -0.132. The van der Waals surface area contributed by atoms with E-state index < -0.39 is 10.0 Å². The zero-order valence-corrected chi connectivity index (χ0v) is 19.3. The average molecular weight is 466 g/mol. The number of sulfonamides is 1. The van der Waals surface area contributed by atoms with E-state index in [0.717, 1.165) is 30.4 Å². The third-order valence-electron chi connectivity index (χ3n) is 6.46. The number of carbonyl (C=O) groups excluding carboxylic acids is 1. The number of aryl methyl sites for hydroxylation is 3. The molecule has 8 heteroatoms. The zero-order valence-electron chi connectivity index (χ0n) is 18.4. The van der Waals surface area contributed by atoms with Gasteiger partial charge >= 0.3 is 0 Å². The summed E-state index contributed by atoms with van der Waals surface area (Å²) in [6, 6.07) is 15.2. The molecule has 3 aromatic rings. The molecule has 1 aliphatic carbocycles. The van der Waals surface area contributed by atoms with Crippen LogP contribution in [0.25, 0.3) is 11.3 Å². The van der Waals surface area contributed by atoms with Crippen LogP contribution in [0.3, 0.4) is 0 Å². The first-order valence-electron chi connectivity index (χ1n) is 11.4. The van der Waals surface area contributed by atoms with Crippen LogP contribution in [0.2, 0.25) is 0 Å². The molecular formula is C25H27N3O4S. The van der Waals surface area contributed by atoms with Gasteiger partial charge in [-0.15, -0.1) is 0 Å². The Labute approximate surface area is 194 Å². The number of hydrogen-bond acceptors (Lipinski definition) is 5. The molecule has 2 aliphatic rings. The maximum absolute atomic E-state index is 13.1. The lowest BCUT2D eigenvalue weighted by atomic mass is 10.1.